The molecule has 0 atom stereocenters. The van der Waals surface area contributed by atoms with Gasteiger partial charge in [-0.1, -0.05) is 11.8 Å². The molecule has 1 N–H and O–H groups in total. The van der Waals surface area contributed by atoms with Crippen LogP contribution in [0.2, 0.25) is 0 Å². The fraction of sp³-hybridized carbons (Fsp3) is 0.250. The van der Waals surface area contributed by atoms with Gasteiger partial charge in [0.15, 0.2) is 5.16 Å². The Hall–Kier alpha value is -1.62. The van der Waals surface area contributed by atoms with E-state index in [4.69, 9.17) is 0 Å². The summed E-state index contributed by atoms with van der Waals surface area (Å²) in [6.45, 7) is 3.86. The number of aromatic hydroxyl groups is 1. The van der Waals surface area contributed by atoms with Crippen molar-refractivity contribution in [2.75, 3.05) is 0 Å². The maximum atomic E-state index is 9.37. The average Bonchev–Trinajstić information content (AvgIpc) is 2.27. The van der Waals surface area contributed by atoms with Gasteiger partial charge in [0.2, 0.25) is 5.88 Å². The minimum absolute atomic E-state index is 0.0199. The molecule has 2 aromatic heterocycles. The van der Waals surface area contributed by atoms with Crippen LogP contribution in [0.4, 0.5) is 0 Å². The van der Waals surface area contributed by atoms with Crippen LogP contribution in [0.25, 0.3) is 0 Å². The van der Waals surface area contributed by atoms with Crippen LogP contribution in [0.5, 0.6) is 5.88 Å². The largest absolute Gasteiger partial charge is 0.493 e. The molecule has 5 heteroatoms. The first-order valence-electron chi connectivity index (χ1n) is 5.22. The van der Waals surface area contributed by atoms with Crippen molar-refractivity contribution >= 4 is 11.8 Å². The van der Waals surface area contributed by atoms with Crippen LogP contribution in [-0.2, 0) is 5.75 Å². The number of thioether (sulfide) groups is 1. The highest BCUT2D eigenvalue weighted by Gasteiger charge is 2.04. The zero-order chi connectivity index (χ0) is 12.3. The van der Waals surface area contributed by atoms with E-state index in [0.29, 0.717) is 5.16 Å². The maximum Gasteiger partial charge on any atom is 0.215 e. The average molecular weight is 247 g/mol. The molecule has 0 fully saturated rings. The van der Waals surface area contributed by atoms with Gasteiger partial charge in [-0.15, -0.1) is 0 Å². The van der Waals surface area contributed by atoms with Gasteiger partial charge in [-0.2, -0.15) is 4.98 Å². The van der Waals surface area contributed by atoms with Gasteiger partial charge in [-0.05, 0) is 31.0 Å². The molecule has 0 saturated heterocycles. The summed E-state index contributed by atoms with van der Waals surface area (Å²) in [6.07, 6.45) is 3.61. The Morgan fingerprint density at radius 1 is 1.29 bits per heavy atom. The van der Waals surface area contributed by atoms with Crippen LogP contribution in [0, 0.1) is 13.8 Å². The van der Waals surface area contributed by atoms with Crippen molar-refractivity contribution in [2.45, 2.75) is 24.8 Å². The third kappa shape index (κ3) is 3.17. The lowest BCUT2D eigenvalue weighted by Gasteiger charge is -2.04. The molecule has 0 amide bonds. The second-order valence-electron chi connectivity index (χ2n) is 3.74. The van der Waals surface area contributed by atoms with Crippen molar-refractivity contribution < 1.29 is 5.11 Å². The molecule has 0 bridgehead atoms. The van der Waals surface area contributed by atoms with Crippen LogP contribution in [0.3, 0.4) is 0 Å². The normalized spacial score (nSPS) is 10.5. The van der Waals surface area contributed by atoms with Crippen LogP contribution >= 0.6 is 11.8 Å². The third-order valence-electron chi connectivity index (χ3n) is 2.31. The number of nitrogens with zero attached hydrogens (tertiary/aromatic N) is 3. The van der Waals surface area contributed by atoms with E-state index in [2.05, 4.69) is 15.0 Å². The molecule has 0 spiro atoms. The smallest absolute Gasteiger partial charge is 0.215 e. The Morgan fingerprint density at radius 3 is 2.82 bits per heavy atom. The number of hydrogen-bond donors (Lipinski definition) is 1. The highest BCUT2D eigenvalue weighted by atomic mass is 32.2. The Balaban J connectivity index is 2.10. The van der Waals surface area contributed by atoms with Crippen LogP contribution in [0.15, 0.2) is 29.7 Å². The Labute approximate surface area is 104 Å². The monoisotopic (exact) mass is 247 g/mol. The lowest BCUT2D eigenvalue weighted by atomic mass is 10.2. The number of pyridine rings is 1. The second kappa shape index (κ2) is 5.14. The molecule has 2 heterocycles. The zero-order valence-electron chi connectivity index (χ0n) is 9.71. The van der Waals surface area contributed by atoms with Crippen molar-refractivity contribution in [3.8, 4) is 5.88 Å². The summed E-state index contributed by atoms with van der Waals surface area (Å²) in [4.78, 5) is 12.3. The number of hydrogen-bond acceptors (Lipinski definition) is 5. The highest BCUT2D eigenvalue weighted by molar-refractivity contribution is 7.98. The molecule has 0 aliphatic heterocycles. The van der Waals surface area contributed by atoms with Gasteiger partial charge < -0.3 is 5.11 Å². The van der Waals surface area contributed by atoms with Gasteiger partial charge in [0.1, 0.15) is 0 Å². The van der Waals surface area contributed by atoms with Crippen molar-refractivity contribution in [1.29, 1.82) is 0 Å². The van der Waals surface area contributed by atoms with E-state index in [0.717, 1.165) is 17.0 Å². The molecule has 0 unspecified atom stereocenters. The Bertz CT molecular complexity index is 511. The summed E-state index contributed by atoms with van der Waals surface area (Å²) in [5, 5.41) is 9.97. The van der Waals surface area contributed by atoms with E-state index in [-0.39, 0.29) is 5.88 Å². The number of aromatic nitrogens is 3. The SMILES string of the molecule is Cc1cc(O)nc(SCc2ccncc2C)n1. The van der Waals surface area contributed by atoms with Crippen LogP contribution in [-0.4, -0.2) is 20.1 Å². The standard InChI is InChI=1S/C12H13N3OS/c1-8-6-13-4-3-10(8)7-17-12-14-9(2)5-11(16)15-12/h3-6H,7H2,1-2H3,(H,14,15,16). The molecule has 2 aromatic rings. The molecule has 17 heavy (non-hydrogen) atoms. The minimum atomic E-state index is 0.0199. The van der Waals surface area contributed by atoms with Gasteiger partial charge in [0, 0.05) is 29.9 Å². The molecule has 0 radical (unpaired) electrons. The molecule has 0 aliphatic rings. The van der Waals surface area contributed by atoms with E-state index in [1.54, 1.807) is 12.3 Å². The van der Waals surface area contributed by atoms with Crippen molar-refractivity contribution in [3.63, 3.8) is 0 Å². The summed E-state index contributed by atoms with van der Waals surface area (Å²) in [7, 11) is 0. The molecule has 88 valence electrons. The third-order valence-corrected chi connectivity index (χ3v) is 3.21. The fourth-order valence-corrected chi connectivity index (χ4v) is 2.37. The van der Waals surface area contributed by atoms with Crippen molar-refractivity contribution in [1.82, 2.24) is 15.0 Å². The molecule has 0 aliphatic carbocycles. The van der Waals surface area contributed by atoms with E-state index in [9.17, 15) is 5.11 Å². The molecular weight excluding hydrogens is 234 g/mol. The highest BCUT2D eigenvalue weighted by Crippen LogP contribution is 2.22. The lowest BCUT2D eigenvalue weighted by Crippen LogP contribution is -1.92. The van der Waals surface area contributed by atoms with E-state index in [1.165, 1.54) is 17.3 Å². The Kier molecular flexibility index (Phi) is 3.58. The van der Waals surface area contributed by atoms with Crippen molar-refractivity contribution in [3.05, 3.63) is 41.3 Å². The second-order valence-corrected chi connectivity index (χ2v) is 4.68. The van der Waals surface area contributed by atoms with Crippen LogP contribution in [0.1, 0.15) is 16.8 Å². The van der Waals surface area contributed by atoms with E-state index >= 15 is 0 Å². The summed E-state index contributed by atoms with van der Waals surface area (Å²) in [5.41, 5.74) is 3.12. The predicted molar refractivity (Wildman–Crippen MR) is 67.0 cm³/mol. The molecule has 0 aromatic carbocycles. The maximum absolute atomic E-state index is 9.37. The minimum Gasteiger partial charge on any atom is -0.493 e. The predicted octanol–water partition coefficient (Wildman–Crippen LogP) is 2.49. The van der Waals surface area contributed by atoms with Gasteiger partial charge >= 0.3 is 0 Å². The molecule has 4 nitrogen and oxygen atoms in total. The van der Waals surface area contributed by atoms with Gasteiger partial charge in [0.25, 0.3) is 0 Å². The van der Waals surface area contributed by atoms with Crippen molar-refractivity contribution in [2.24, 2.45) is 0 Å². The van der Waals surface area contributed by atoms with Gasteiger partial charge in [-0.3, -0.25) is 4.98 Å². The quantitative estimate of drug-likeness (QED) is 0.667. The first-order valence-corrected chi connectivity index (χ1v) is 6.20. The first-order chi connectivity index (χ1) is 8.15. The zero-order valence-corrected chi connectivity index (χ0v) is 10.5. The summed E-state index contributed by atoms with van der Waals surface area (Å²) < 4.78 is 0. The summed E-state index contributed by atoms with van der Waals surface area (Å²) >= 11 is 1.51. The summed E-state index contributed by atoms with van der Waals surface area (Å²) in [5.74, 6) is 0.795. The number of aryl methyl sites for hydroxylation is 2. The van der Waals surface area contributed by atoms with E-state index in [1.807, 2.05) is 26.1 Å². The lowest BCUT2D eigenvalue weighted by molar-refractivity contribution is 0.444. The number of rotatable bonds is 3. The topological polar surface area (TPSA) is 58.9 Å². The van der Waals surface area contributed by atoms with Gasteiger partial charge in [-0.25, -0.2) is 4.98 Å². The summed E-state index contributed by atoms with van der Waals surface area (Å²) in [6, 6.07) is 3.53. The van der Waals surface area contributed by atoms with Crippen LogP contribution < -0.4 is 0 Å². The van der Waals surface area contributed by atoms with E-state index < -0.39 is 0 Å². The first kappa shape index (κ1) is 11.9. The molecule has 2 rings (SSSR count). The van der Waals surface area contributed by atoms with Gasteiger partial charge in [0.05, 0.1) is 0 Å². The molecular formula is C12H13N3OS. The molecule has 0 saturated carbocycles. The fourth-order valence-electron chi connectivity index (χ4n) is 1.40. The Morgan fingerprint density at radius 2 is 2.12 bits per heavy atom.